The number of esters is 1. The Balaban J connectivity index is 2.03. The molecular weight excluding hydrogens is 276 g/mol. The number of amides is 2. The number of aromatic nitrogens is 2. The molecule has 116 valence electrons. The van der Waals surface area contributed by atoms with Gasteiger partial charge in [0.25, 0.3) is 0 Å². The van der Waals surface area contributed by atoms with Crippen molar-refractivity contribution < 1.29 is 19.1 Å². The lowest BCUT2D eigenvalue weighted by atomic mass is 10.3. The van der Waals surface area contributed by atoms with Gasteiger partial charge in [-0.15, -0.1) is 0 Å². The highest BCUT2D eigenvalue weighted by molar-refractivity contribution is 5.89. The normalized spacial score (nSPS) is 18.4. The highest BCUT2D eigenvalue weighted by atomic mass is 16.6. The predicted octanol–water partition coefficient (Wildman–Crippen LogP) is 0.617. The Morgan fingerprint density at radius 3 is 3.00 bits per heavy atom. The predicted molar refractivity (Wildman–Crippen MR) is 75.0 cm³/mol. The minimum Gasteiger partial charge on any atom is -0.467 e. The summed E-state index contributed by atoms with van der Waals surface area (Å²) in [5.74, 6) is 0.200. The standard InChI is InChI=1S/C13H20N4O4/c1-4-17-11(9(2)7-14-17)15-13(19)16-5-6-21-10(8-16)12(18)20-3/h7,10H,4-6,8H2,1-3H3,(H,15,19)/t10-/m0/s1. The number of methoxy groups -OCH3 is 1. The van der Waals surface area contributed by atoms with Gasteiger partial charge in [0.15, 0.2) is 6.10 Å². The van der Waals surface area contributed by atoms with Gasteiger partial charge >= 0.3 is 12.0 Å². The Bertz CT molecular complexity index is 528. The van der Waals surface area contributed by atoms with E-state index in [0.29, 0.717) is 25.5 Å². The molecule has 8 heteroatoms. The second-order valence-corrected chi connectivity index (χ2v) is 4.75. The molecule has 1 aromatic rings. The molecule has 2 rings (SSSR count). The minimum atomic E-state index is -0.730. The minimum absolute atomic E-state index is 0.178. The van der Waals surface area contributed by atoms with E-state index in [0.717, 1.165) is 5.56 Å². The van der Waals surface area contributed by atoms with E-state index in [4.69, 9.17) is 4.74 Å². The van der Waals surface area contributed by atoms with E-state index in [1.807, 2.05) is 13.8 Å². The maximum atomic E-state index is 12.3. The zero-order valence-electron chi connectivity index (χ0n) is 12.5. The van der Waals surface area contributed by atoms with Crippen LogP contribution in [0.15, 0.2) is 6.20 Å². The van der Waals surface area contributed by atoms with Gasteiger partial charge in [0.1, 0.15) is 5.82 Å². The van der Waals surface area contributed by atoms with Crippen molar-refractivity contribution in [1.82, 2.24) is 14.7 Å². The molecule has 8 nitrogen and oxygen atoms in total. The molecule has 0 unspecified atom stereocenters. The number of nitrogens with one attached hydrogen (secondary N) is 1. The monoisotopic (exact) mass is 296 g/mol. The third-order valence-electron chi connectivity index (χ3n) is 3.37. The van der Waals surface area contributed by atoms with Crippen LogP contribution in [0.25, 0.3) is 0 Å². The first-order chi connectivity index (χ1) is 10.1. The van der Waals surface area contributed by atoms with Gasteiger partial charge in [0, 0.05) is 18.7 Å². The molecular formula is C13H20N4O4. The molecule has 1 saturated heterocycles. The number of ether oxygens (including phenoxy) is 2. The zero-order chi connectivity index (χ0) is 15.4. The van der Waals surface area contributed by atoms with Gasteiger partial charge in [-0.1, -0.05) is 0 Å². The number of hydrogen-bond acceptors (Lipinski definition) is 5. The molecule has 0 aromatic carbocycles. The van der Waals surface area contributed by atoms with Crippen molar-refractivity contribution in [1.29, 1.82) is 0 Å². The maximum Gasteiger partial charge on any atom is 0.336 e. The van der Waals surface area contributed by atoms with E-state index in [2.05, 4.69) is 15.2 Å². The van der Waals surface area contributed by atoms with Gasteiger partial charge in [-0.3, -0.25) is 5.32 Å². The number of morpholine rings is 1. The summed E-state index contributed by atoms with van der Waals surface area (Å²) in [4.78, 5) is 25.3. The Labute approximate surface area is 123 Å². The number of rotatable bonds is 3. The molecule has 0 radical (unpaired) electrons. The third-order valence-corrected chi connectivity index (χ3v) is 3.37. The van der Waals surface area contributed by atoms with Gasteiger partial charge in [0.05, 0.1) is 26.5 Å². The molecule has 2 amide bonds. The zero-order valence-corrected chi connectivity index (χ0v) is 12.5. The molecule has 1 aromatic heterocycles. The summed E-state index contributed by atoms with van der Waals surface area (Å²) in [5, 5.41) is 7.01. The van der Waals surface area contributed by atoms with E-state index < -0.39 is 12.1 Å². The van der Waals surface area contributed by atoms with Crippen molar-refractivity contribution in [2.75, 3.05) is 32.1 Å². The smallest absolute Gasteiger partial charge is 0.336 e. The van der Waals surface area contributed by atoms with Crippen molar-refractivity contribution >= 4 is 17.8 Å². The van der Waals surface area contributed by atoms with Crippen LogP contribution in [0.4, 0.5) is 10.6 Å². The van der Waals surface area contributed by atoms with Crippen LogP contribution in [0.1, 0.15) is 12.5 Å². The molecule has 0 saturated carbocycles. The van der Waals surface area contributed by atoms with Gasteiger partial charge in [0.2, 0.25) is 0 Å². The first-order valence-corrected chi connectivity index (χ1v) is 6.84. The van der Waals surface area contributed by atoms with Crippen molar-refractivity contribution in [3.05, 3.63) is 11.8 Å². The number of nitrogens with zero attached hydrogens (tertiary/aromatic N) is 3. The first-order valence-electron chi connectivity index (χ1n) is 6.84. The molecule has 1 atom stereocenters. The molecule has 1 fully saturated rings. The van der Waals surface area contributed by atoms with Crippen LogP contribution in [0.5, 0.6) is 0 Å². The third kappa shape index (κ3) is 3.33. The number of carbonyl (C=O) groups is 2. The molecule has 0 aliphatic carbocycles. The number of aryl methyl sites for hydroxylation is 2. The lowest BCUT2D eigenvalue weighted by molar-refractivity contribution is -0.158. The average molecular weight is 296 g/mol. The fourth-order valence-electron chi connectivity index (χ4n) is 2.17. The molecule has 1 aliphatic heterocycles. The second kappa shape index (κ2) is 6.57. The summed E-state index contributed by atoms with van der Waals surface area (Å²) >= 11 is 0. The van der Waals surface area contributed by atoms with Crippen molar-refractivity contribution in [3.8, 4) is 0 Å². The molecule has 21 heavy (non-hydrogen) atoms. The van der Waals surface area contributed by atoms with E-state index >= 15 is 0 Å². The second-order valence-electron chi connectivity index (χ2n) is 4.75. The van der Waals surface area contributed by atoms with Crippen molar-refractivity contribution in [2.24, 2.45) is 0 Å². The van der Waals surface area contributed by atoms with Gasteiger partial charge < -0.3 is 14.4 Å². The maximum absolute atomic E-state index is 12.3. The van der Waals surface area contributed by atoms with E-state index in [9.17, 15) is 9.59 Å². The summed E-state index contributed by atoms with van der Waals surface area (Å²) < 4.78 is 11.7. The molecule has 1 aliphatic rings. The van der Waals surface area contributed by atoms with Crippen molar-refractivity contribution in [2.45, 2.75) is 26.5 Å². The first kappa shape index (κ1) is 15.3. The fourth-order valence-corrected chi connectivity index (χ4v) is 2.17. The number of carbonyl (C=O) groups excluding carboxylic acids is 2. The Kier molecular flexibility index (Phi) is 4.79. The summed E-state index contributed by atoms with van der Waals surface area (Å²) in [6.07, 6.45) is 0.974. The lowest BCUT2D eigenvalue weighted by Gasteiger charge is -2.31. The van der Waals surface area contributed by atoms with Crippen LogP contribution in [0.2, 0.25) is 0 Å². The van der Waals surface area contributed by atoms with E-state index in [1.54, 1.807) is 10.9 Å². The van der Waals surface area contributed by atoms with Gasteiger partial charge in [-0.25, -0.2) is 14.3 Å². The van der Waals surface area contributed by atoms with Gasteiger partial charge in [-0.2, -0.15) is 5.10 Å². The molecule has 0 bridgehead atoms. The highest BCUT2D eigenvalue weighted by Crippen LogP contribution is 2.15. The summed E-state index contributed by atoms with van der Waals surface area (Å²) in [5.41, 5.74) is 0.892. The molecule has 1 N–H and O–H groups in total. The number of anilines is 1. The van der Waals surface area contributed by atoms with Crippen LogP contribution in [0, 0.1) is 6.92 Å². The van der Waals surface area contributed by atoms with Crippen LogP contribution < -0.4 is 5.32 Å². The Morgan fingerprint density at radius 1 is 1.57 bits per heavy atom. The fraction of sp³-hybridized carbons (Fsp3) is 0.615. The summed E-state index contributed by atoms with van der Waals surface area (Å²) in [6, 6.07) is -0.273. The lowest BCUT2D eigenvalue weighted by Crippen LogP contribution is -2.50. The van der Waals surface area contributed by atoms with Crippen LogP contribution >= 0.6 is 0 Å². The Morgan fingerprint density at radius 2 is 2.33 bits per heavy atom. The number of hydrogen-bond donors (Lipinski definition) is 1. The average Bonchev–Trinajstić information content (AvgIpc) is 2.87. The largest absolute Gasteiger partial charge is 0.467 e. The van der Waals surface area contributed by atoms with E-state index in [1.165, 1.54) is 12.0 Å². The van der Waals surface area contributed by atoms with E-state index in [-0.39, 0.29) is 12.6 Å². The van der Waals surface area contributed by atoms with Crippen molar-refractivity contribution in [3.63, 3.8) is 0 Å². The quantitative estimate of drug-likeness (QED) is 0.826. The Hall–Kier alpha value is -2.09. The number of urea groups is 1. The van der Waals surface area contributed by atoms with Crippen LogP contribution in [-0.2, 0) is 20.8 Å². The molecule has 2 heterocycles. The molecule has 0 spiro atoms. The SMILES string of the molecule is CCn1ncc(C)c1NC(=O)N1CCO[C@H](C(=O)OC)C1. The topological polar surface area (TPSA) is 85.7 Å². The summed E-state index contributed by atoms with van der Waals surface area (Å²) in [7, 11) is 1.30. The summed E-state index contributed by atoms with van der Waals surface area (Å²) in [6.45, 7) is 5.41. The highest BCUT2D eigenvalue weighted by Gasteiger charge is 2.30. The van der Waals surface area contributed by atoms with Crippen LogP contribution in [-0.4, -0.2) is 59.6 Å². The van der Waals surface area contributed by atoms with Crippen LogP contribution in [0.3, 0.4) is 0 Å². The van der Waals surface area contributed by atoms with Gasteiger partial charge in [-0.05, 0) is 13.8 Å².